The van der Waals surface area contributed by atoms with Crippen LogP contribution in [0.15, 0.2) is 0 Å². The molecule has 3 heterocycles. The minimum atomic E-state index is -1.80. The Balaban J connectivity index is 2.16. The van der Waals surface area contributed by atoms with Gasteiger partial charge in [0.05, 0.1) is 41.5 Å². The van der Waals surface area contributed by atoms with Crippen molar-refractivity contribution in [1.82, 2.24) is 4.90 Å². The highest BCUT2D eigenvalue weighted by Crippen LogP contribution is 2.40. The van der Waals surface area contributed by atoms with E-state index in [2.05, 4.69) is 0 Å². The zero-order valence-electron chi connectivity index (χ0n) is 32.3. The van der Waals surface area contributed by atoms with Gasteiger partial charge in [-0.25, -0.2) is 0 Å². The van der Waals surface area contributed by atoms with Crippen molar-refractivity contribution in [3.8, 4) is 0 Å². The normalized spacial score (nSPS) is 51.0. The highest BCUT2D eigenvalue weighted by Gasteiger charge is 2.52. The van der Waals surface area contributed by atoms with E-state index in [9.17, 15) is 30.3 Å². The van der Waals surface area contributed by atoms with Crippen LogP contribution in [0.3, 0.4) is 0 Å². The Morgan fingerprint density at radius 2 is 1.58 bits per heavy atom. The standard InChI is InChI=1S/C36H68N2O12/c1-13-25-36(10,44)29(40)22(6)38(11)17-18(2)15-34(8,43)31(50-33-27(39)24(37)14-19(3)46-33)20(4)28(21(5)32(42)48-25)49-26-16-35(9,45-12)30(41)23(7)47-26/h18-31,33,39-41,43-44H,13-17,37H2,1-12H3/t18-,19-,20+,21-,22-,23+,24+,25-,26-,27-,28+,29-,30-,31-,33+,34-,35+,36-/m1/s1. The molecule has 3 aliphatic rings. The average molecular weight is 721 g/mol. The minimum Gasteiger partial charge on any atom is -0.459 e. The second kappa shape index (κ2) is 17.0. The molecule has 0 aromatic rings. The smallest absolute Gasteiger partial charge is 0.311 e. The van der Waals surface area contributed by atoms with Crippen molar-refractivity contribution in [2.75, 3.05) is 20.7 Å². The highest BCUT2D eigenvalue weighted by molar-refractivity contribution is 5.73. The number of carbonyl (C=O) groups excluding carboxylic acids is 1. The van der Waals surface area contributed by atoms with E-state index in [1.54, 1.807) is 48.5 Å². The second-order valence-corrected chi connectivity index (χ2v) is 16.3. The van der Waals surface area contributed by atoms with E-state index < -0.39 is 102 Å². The molecule has 3 fully saturated rings. The zero-order valence-corrected chi connectivity index (χ0v) is 32.3. The van der Waals surface area contributed by atoms with Crippen LogP contribution in [-0.4, -0.2) is 147 Å². The molecule has 0 saturated carbocycles. The van der Waals surface area contributed by atoms with Crippen LogP contribution in [0.1, 0.15) is 94.9 Å². The summed E-state index contributed by atoms with van der Waals surface area (Å²) < 4.78 is 37.0. The molecule has 3 rings (SSSR count). The Labute approximate surface area is 298 Å². The molecule has 18 atom stereocenters. The molecule has 0 aromatic carbocycles. The van der Waals surface area contributed by atoms with Gasteiger partial charge in [-0.2, -0.15) is 0 Å². The molecule has 14 heteroatoms. The number of nitrogens with zero attached hydrogens (tertiary/aromatic N) is 1. The number of methoxy groups -OCH3 is 1. The molecule has 0 radical (unpaired) electrons. The van der Waals surface area contributed by atoms with Crippen LogP contribution in [0.5, 0.6) is 0 Å². The number of hydrogen-bond acceptors (Lipinski definition) is 14. The first-order chi connectivity index (χ1) is 23.0. The van der Waals surface area contributed by atoms with Gasteiger partial charge in [0.1, 0.15) is 30.0 Å². The summed E-state index contributed by atoms with van der Waals surface area (Å²) in [5.41, 5.74) is 1.86. The Morgan fingerprint density at radius 3 is 2.16 bits per heavy atom. The monoisotopic (exact) mass is 720 g/mol. The van der Waals surface area contributed by atoms with Crippen LogP contribution < -0.4 is 5.73 Å². The van der Waals surface area contributed by atoms with Gasteiger partial charge in [0.2, 0.25) is 0 Å². The average Bonchev–Trinajstić information content (AvgIpc) is 3.03. The van der Waals surface area contributed by atoms with Gasteiger partial charge in [-0.1, -0.05) is 20.8 Å². The number of ether oxygens (including phenoxy) is 6. The van der Waals surface area contributed by atoms with Crippen LogP contribution >= 0.6 is 0 Å². The molecule has 50 heavy (non-hydrogen) atoms. The number of esters is 1. The molecule has 7 N–H and O–H groups in total. The number of aliphatic hydroxyl groups excluding tert-OH is 3. The van der Waals surface area contributed by atoms with Crippen molar-refractivity contribution >= 4 is 5.97 Å². The summed E-state index contributed by atoms with van der Waals surface area (Å²) in [6, 6.07) is -1.17. The lowest BCUT2D eigenvalue weighted by Gasteiger charge is -2.48. The molecule has 14 nitrogen and oxygen atoms in total. The van der Waals surface area contributed by atoms with Crippen molar-refractivity contribution in [3.05, 3.63) is 0 Å². The molecule has 3 aliphatic heterocycles. The molecule has 0 amide bonds. The molecule has 0 aliphatic carbocycles. The van der Waals surface area contributed by atoms with Gasteiger partial charge in [0, 0.05) is 38.1 Å². The second-order valence-electron chi connectivity index (χ2n) is 16.3. The molecule has 294 valence electrons. The van der Waals surface area contributed by atoms with Crippen LogP contribution in [0.25, 0.3) is 0 Å². The summed E-state index contributed by atoms with van der Waals surface area (Å²) in [6.45, 7) is 17.8. The number of cyclic esters (lactones) is 1. The Hall–Kier alpha value is -1.01. The van der Waals surface area contributed by atoms with Gasteiger partial charge in [-0.3, -0.25) is 4.79 Å². The molecule has 0 bridgehead atoms. The topological polar surface area (TPSA) is 203 Å². The lowest BCUT2D eigenvalue weighted by atomic mass is 9.77. The first-order valence-corrected chi connectivity index (χ1v) is 18.3. The first kappa shape index (κ1) is 43.4. The number of nitrogens with two attached hydrogens (primary N) is 1. The SMILES string of the molecule is CC[C@H]1OC(=O)[C@H](C)[C@@H](O[C@@H]2C[C@](C)(OC)[C@H](O)[C@H](C)O2)[C@H](C)[C@@H](O[C@@H]2O[C@H](C)C[C@H](N)[C@H]2O)[C@](C)(O)C[C@@H](C)CN(C)[C@H](C)[C@@H](O)[C@]1(C)O. The van der Waals surface area contributed by atoms with E-state index in [1.807, 2.05) is 25.8 Å². The molecule has 0 aromatic heterocycles. The summed E-state index contributed by atoms with van der Waals surface area (Å²) in [5, 5.41) is 57.4. The predicted octanol–water partition coefficient (Wildman–Crippen LogP) is 1.30. The van der Waals surface area contributed by atoms with Gasteiger partial charge in [-0.15, -0.1) is 0 Å². The van der Waals surface area contributed by atoms with Crippen molar-refractivity contribution in [1.29, 1.82) is 0 Å². The third-order valence-electron chi connectivity index (χ3n) is 11.6. The van der Waals surface area contributed by atoms with Gasteiger partial charge in [0.25, 0.3) is 0 Å². The fraction of sp³-hybridized carbons (Fsp3) is 0.972. The third-order valence-corrected chi connectivity index (χ3v) is 11.6. The number of rotatable bonds is 6. The van der Waals surface area contributed by atoms with Crippen molar-refractivity contribution in [2.24, 2.45) is 23.5 Å². The van der Waals surface area contributed by atoms with Gasteiger partial charge < -0.3 is 64.6 Å². The largest absolute Gasteiger partial charge is 0.459 e. The van der Waals surface area contributed by atoms with Gasteiger partial charge >= 0.3 is 5.97 Å². The Kier molecular flexibility index (Phi) is 14.7. The number of likely N-dealkylation sites (N-methyl/N-ethyl adjacent to an activating group) is 1. The molecule has 3 saturated heterocycles. The quantitative estimate of drug-likeness (QED) is 0.214. The van der Waals surface area contributed by atoms with E-state index in [4.69, 9.17) is 34.2 Å². The predicted molar refractivity (Wildman–Crippen MR) is 185 cm³/mol. The summed E-state index contributed by atoms with van der Waals surface area (Å²) >= 11 is 0. The van der Waals surface area contributed by atoms with Crippen LogP contribution in [0.4, 0.5) is 0 Å². The van der Waals surface area contributed by atoms with E-state index in [0.29, 0.717) is 13.0 Å². The highest BCUT2D eigenvalue weighted by atomic mass is 16.7. The minimum absolute atomic E-state index is 0.123. The van der Waals surface area contributed by atoms with Gasteiger partial charge in [-0.05, 0) is 80.7 Å². The molecule has 0 unspecified atom stereocenters. The lowest BCUT2D eigenvalue weighted by molar-refractivity contribution is -0.315. The maximum Gasteiger partial charge on any atom is 0.311 e. The molecular weight excluding hydrogens is 652 g/mol. The number of hydrogen-bond donors (Lipinski definition) is 6. The summed E-state index contributed by atoms with van der Waals surface area (Å²) in [4.78, 5) is 16.0. The van der Waals surface area contributed by atoms with E-state index in [-0.39, 0.29) is 31.3 Å². The summed E-state index contributed by atoms with van der Waals surface area (Å²) in [7, 11) is 3.32. The van der Waals surface area contributed by atoms with E-state index in [1.165, 1.54) is 14.0 Å². The zero-order chi connectivity index (χ0) is 38.1. The van der Waals surface area contributed by atoms with Crippen LogP contribution in [0, 0.1) is 17.8 Å². The first-order valence-electron chi connectivity index (χ1n) is 18.3. The van der Waals surface area contributed by atoms with Crippen molar-refractivity contribution < 1.29 is 58.7 Å². The fourth-order valence-corrected chi connectivity index (χ4v) is 8.28. The van der Waals surface area contributed by atoms with Crippen molar-refractivity contribution in [2.45, 2.75) is 185 Å². The Bertz CT molecular complexity index is 1100. The lowest BCUT2D eigenvalue weighted by Crippen LogP contribution is -2.60. The maximum atomic E-state index is 14.1. The molecular formula is C36H68N2O12. The fourth-order valence-electron chi connectivity index (χ4n) is 8.28. The van der Waals surface area contributed by atoms with Gasteiger partial charge in [0.15, 0.2) is 12.6 Å². The van der Waals surface area contributed by atoms with E-state index >= 15 is 0 Å². The molecule has 0 spiro atoms. The maximum absolute atomic E-state index is 14.1. The van der Waals surface area contributed by atoms with Crippen LogP contribution in [0.2, 0.25) is 0 Å². The summed E-state index contributed by atoms with van der Waals surface area (Å²) in [5.74, 6) is -2.64. The number of carbonyl (C=O) groups is 1. The summed E-state index contributed by atoms with van der Waals surface area (Å²) in [6.07, 6.45) is -8.74. The van der Waals surface area contributed by atoms with Crippen molar-refractivity contribution in [3.63, 3.8) is 0 Å². The number of aliphatic hydroxyl groups is 5. The van der Waals surface area contributed by atoms with Crippen LogP contribution in [-0.2, 0) is 33.2 Å². The Morgan fingerprint density at radius 1 is 0.960 bits per heavy atom. The third kappa shape index (κ3) is 9.55. The van der Waals surface area contributed by atoms with E-state index in [0.717, 1.165) is 0 Å².